The van der Waals surface area contributed by atoms with Gasteiger partial charge in [0, 0.05) is 19.3 Å². The molecule has 14 heavy (non-hydrogen) atoms. The SMILES string of the molecule is CCc1ccc(N2CCCCC2)nc1. The van der Waals surface area contributed by atoms with Gasteiger partial charge in [-0.25, -0.2) is 4.98 Å². The van der Waals surface area contributed by atoms with Crippen LogP contribution >= 0.6 is 0 Å². The summed E-state index contributed by atoms with van der Waals surface area (Å²) in [6.07, 6.45) is 7.09. The lowest BCUT2D eigenvalue weighted by Crippen LogP contribution is -2.30. The molecule has 0 atom stereocenters. The highest BCUT2D eigenvalue weighted by molar-refractivity contribution is 5.39. The molecule has 0 aliphatic carbocycles. The van der Waals surface area contributed by atoms with Crippen LogP contribution in [0.2, 0.25) is 0 Å². The Kier molecular flexibility index (Phi) is 3.02. The van der Waals surface area contributed by atoms with Gasteiger partial charge in [-0.3, -0.25) is 0 Å². The van der Waals surface area contributed by atoms with Crippen molar-refractivity contribution in [2.75, 3.05) is 18.0 Å². The monoisotopic (exact) mass is 190 g/mol. The van der Waals surface area contributed by atoms with Crippen molar-refractivity contribution in [3.8, 4) is 0 Å². The van der Waals surface area contributed by atoms with Gasteiger partial charge >= 0.3 is 0 Å². The highest BCUT2D eigenvalue weighted by Gasteiger charge is 2.11. The summed E-state index contributed by atoms with van der Waals surface area (Å²) in [5.74, 6) is 1.15. The predicted molar refractivity (Wildman–Crippen MR) is 59.7 cm³/mol. The van der Waals surface area contributed by atoms with E-state index in [0.717, 1.165) is 12.2 Å². The number of rotatable bonds is 2. The van der Waals surface area contributed by atoms with Crippen LogP contribution in [0.3, 0.4) is 0 Å². The Labute approximate surface area is 86.0 Å². The number of anilines is 1. The van der Waals surface area contributed by atoms with E-state index >= 15 is 0 Å². The van der Waals surface area contributed by atoms with Crippen LogP contribution in [0.5, 0.6) is 0 Å². The summed E-state index contributed by atoms with van der Waals surface area (Å²) in [6, 6.07) is 4.35. The first-order valence-corrected chi connectivity index (χ1v) is 5.60. The zero-order valence-electron chi connectivity index (χ0n) is 8.87. The van der Waals surface area contributed by atoms with Crippen LogP contribution in [0.25, 0.3) is 0 Å². The van der Waals surface area contributed by atoms with Crippen molar-refractivity contribution in [3.63, 3.8) is 0 Å². The topological polar surface area (TPSA) is 16.1 Å². The lowest BCUT2D eigenvalue weighted by Gasteiger charge is -2.27. The van der Waals surface area contributed by atoms with Gasteiger partial charge in [-0.15, -0.1) is 0 Å². The van der Waals surface area contributed by atoms with Crippen LogP contribution in [0.4, 0.5) is 5.82 Å². The number of aromatic nitrogens is 1. The van der Waals surface area contributed by atoms with E-state index in [4.69, 9.17) is 0 Å². The van der Waals surface area contributed by atoms with Gasteiger partial charge in [0.05, 0.1) is 0 Å². The van der Waals surface area contributed by atoms with Crippen molar-refractivity contribution in [1.29, 1.82) is 0 Å². The van der Waals surface area contributed by atoms with E-state index in [1.807, 2.05) is 6.20 Å². The summed E-state index contributed by atoms with van der Waals surface area (Å²) in [7, 11) is 0. The Morgan fingerprint density at radius 2 is 2.00 bits per heavy atom. The van der Waals surface area contributed by atoms with Gasteiger partial charge in [-0.2, -0.15) is 0 Å². The summed E-state index contributed by atoms with van der Waals surface area (Å²) in [4.78, 5) is 6.89. The van der Waals surface area contributed by atoms with Gasteiger partial charge in [-0.1, -0.05) is 13.0 Å². The fourth-order valence-electron chi connectivity index (χ4n) is 1.94. The Morgan fingerprint density at radius 1 is 1.21 bits per heavy atom. The maximum Gasteiger partial charge on any atom is 0.128 e. The molecule has 1 aromatic rings. The minimum atomic E-state index is 1.08. The third-order valence-electron chi connectivity index (χ3n) is 2.90. The minimum Gasteiger partial charge on any atom is -0.357 e. The van der Waals surface area contributed by atoms with Crippen LogP contribution in [0.15, 0.2) is 18.3 Å². The number of nitrogens with zero attached hydrogens (tertiary/aromatic N) is 2. The molecule has 0 bridgehead atoms. The van der Waals surface area contributed by atoms with Crippen molar-refractivity contribution >= 4 is 5.82 Å². The normalized spacial score (nSPS) is 17.1. The van der Waals surface area contributed by atoms with Gasteiger partial charge < -0.3 is 4.90 Å². The van der Waals surface area contributed by atoms with E-state index in [-0.39, 0.29) is 0 Å². The number of hydrogen-bond donors (Lipinski definition) is 0. The average Bonchev–Trinajstić information content (AvgIpc) is 2.30. The van der Waals surface area contributed by atoms with Crippen molar-refractivity contribution in [3.05, 3.63) is 23.9 Å². The molecule has 2 heteroatoms. The first kappa shape index (κ1) is 9.50. The largest absolute Gasteiger partial charge is 0.357 e. The van der Waals surface area contributed by atoms with Crippen LogP contribution in [0, 0.1) is 0 Å². The van der Waals surface area contributed by atoms with Crippen LogP contribution in [-0.4, -0.2) is 18.1 Å². The van der Waals surface area contributed by atoms with Gasteiger partial charge in [0.25, 0.3) is 0 Å². The molecule has 0 N–H and O–H groups in total. The van der Waals surface area contributed by atoms with Crippen molar-refractivity contribution in [2.24, 2.45) is 0 Å². The van der Waals surface area contributed by atoms with E-state index in [0.29, 0.717) is 0 Å². The molecule has 0 saturated carbocycles. The molecular formula is C12H18N2. The van der Waals surface area contributed by atoms with Gasteiger partial charge in [0.15, 0.2) is 0 Å². The Morgan fingerprint density at radius 3 is 2.57 bits per heavy atom. The molecule has 0 aromatic carbocycles. The molecule has 1 aromatic heterocycles. The van der Waals surface area contributed by atoms with Crippen molar-refractivity contribution in [2.45, 2.75) is 32.6 Å². The maximum absolute atomic E-state index is 4.50. The third-order valence-corrected chi connectivity index (χ3v) is 2.90. The number of piperidine rings is 1. The summed E-state index contributed by atoms with van der Waals surface area (Å²) in [5.41, 5.74) is 1.32. The second kappa shape index (κ2) is 4.45. The second-order valence-corrected chi connectivity index (χ2v) is 3.93. The van der Waals surface area contributed by atoms with E-state index in [9.17, 15) is 0 Å². The fraction of sp³-hybridized carbons (Fsp3) is 0.583. The molecule has 0 radical (unpaired) electrons. The van der Waals surface area contributed by atoms with Crippen LogP contribution in [0.1, 0.15) is 31.7 Å². The highest BCUT2D eigenvalue weighted by Crippen LogP contribution is 2.17. The molecule has 0 spiro atoms. The first-order valence-electron chi connectivity index (χ1n) is 5.60. The number of aryl methyl sites for hydroxylation is 1. The van der Waals surface area contributed by atoms with E-state index in [1.54, 1.807) is 0 Å². The maximum atomic E-state index is 4.50. The molecule has 1 aliphatic heterocycles. The molecule has 1 saturated heterocycles. The van der Waals surface area contributed by atoms with Crippen LogP contribution < -0.4 is 4.90 Å². The fourth-order valence-corrected chi connectivity index (χ4v) is 1.94. The van der Waals surface area contributed by atoms with E-state index in [1.165, 1.54) is 37.9 Å². The molecule has 2 nitrogen and oxygen atoms in total. The van der Waals surface area contributed by atoms with Gasteiger partial charge in [0.2, 0.25) is 0 Å². The first-order chi connectivity index (χ1) is 6.90. The van der Waals surface area contributed by atoms with Gasteiger partial charge in [-0.05, 0) is 37.3 Å². The Bertz CT molecular complexity index is 273. The Hall–Kier alpha value is -1.05. The number of hydrogen-bond acceptors (Lipinski definition) is 2. The average molecular weight is 190 g/mol. The predicted octanol–water partition coefficient (Wildman–Crippen LogP) is 2.63. The molecular weight excluding hydrogens is 172 g/mol. The molecule has 1 fully saturated rings. The molecule has 76 valence electrons. The molecule has 0 unspecified atom stereocenters. The minimum absolute atomic E-state index is 1.08. The third kappa shape index (κ3) is 2.06. The van der Waals surface area contributed by atoms with Crippen molar-refractivity contribution < 1.29 is 0 Å². The summed E-state index contributed by atoms with van der Waals surface area (Å²) < 4.78 is 0. The molecule has 2 rings (SSSR count). The molecule has 1 aliphatic rings. The summed E-state index contributed by atoms with van der Waals surface area (Å²) >= 11 is 0. The van der Waals surface area contributed by atoms with E-state index < -0.39 is 0 Å². The standard InChI is InChI=1S/C12H18N2/c1-2-11-6-7-12(13-10-11)14-8-4-3-5-9-14/h6-7,10H,2-5,8-9H2,1H3. The second-order valence-electron chi connectivity index (χ2n) is 3.93. The zero-order valence-corrected chi connectivity index (χ0v) is 8.87. The number of pyridine rings is 1. The molecule has 2 heterocycles. The highest BCUT2D eigenvalue weighted by atomic mass is 15.2. The lowest BCUT2D eigenvalue weighted by atomic mass is 10.1. The Balaban J connectivity index is 2.07. The quantitative estimate of drug-likeness (QED) is 0.712. The summed E-state index contributed by atoms with van der Waals surface area (Å²) in [6.45, 7) is 4.52. The lowest BCUT2D eigenvalue weighted by molar-refractivity contribution is 0.573. The van der Waals surface area contributed by atoms with Crippen LogP contribution in [-0.2, 0) is 6.42 Å². The van der Waals surface area contributed by atoms with Gasteiger partial charge in [0.1, 0.15) is 5.82 Å². The van der Waals surface area contributed by atoms with Crippen molar-refractivity contribution in [1.82, 2.24) is 4.98 Å². The van der Waals surface area contributed by atoms with E-state index in [2.05, 4.69) is 28.9 Å². The molecule has 0 amide bonds. The zero-order chi connectivity index (χ0) is 9.80. The smallest absolute Gasteiger partial charge is 0.128 e. The summed E-state index contributed by atoms with van der Waals surface area (Å²) in [5, 5.41) is 0.